The van der Waals surface area contributed by atoms with Crippen LogP contribution in [-0.4, -0.2) is 35.1 Å². The molecule has 0 amide bonds. The second-order valence-electron chi connectivity index (χ2n) is 5.07. The van der Waals surface area contributed by atoms with Crippen molar-refractivity contribution in [3.05, 3.63) is 0 Å². The zero-order chi connectivity index (χ0) is 12.1. The molecule has 0 aromatic heterocycles. The van der Waals surface area contributed by atoms with E-state index in [0.717, 1.165) is 19.5 Å². The highest BCUT2D eigenvalue weighted by atomic mass is 16.4. The van der Waals surface area contributed by atoms with Gasteiger partial charge >= 0.3 is 5.97 Å². The average Bonchev–Trinajstić information content (AvgIpc) is 2.11. The Morgan fingerprint density at radius 1 is 1.33 bits per heavy atom. The molecule has 15 heavy (non-hydrogen) atoms. The Balaban J connectivity index is 4.15. The fraction of sp³-hybridized carbons (Fsp3) is 0.917. The van der Waals surface area contributed by atoms with Gasteiger partial charge in [-0.2, -0.15) is 0 Å². The number of carboxylic acid groups (broad SMARTS) is 1. The van der Waals surface area contributed by atoms with Crippen LogP contribution >= 0.6 is 0 Å². The lowest BCUT2D eigenvalue weighted by atomic mass is 9.89. The molecule has 0 saturated heterocycles. The molecule has 0 fully saturated rings. The lowest BCUT2D eigenvalue weighted by molar-refractivity contribution is -0.147. The Bertz CT molecular complexity index is 200. The summed E-state index contributed by atoms with van der Waals surface area (Å²) < 4.78 is 0. The molecule has 0 aliphatic rings. The Morgan fingerprint density at radius 3 is 2.20 bits per heavy atom. The SMILES string of the molecule is CCCN(CCC(C)(C)C(=O)O)C(C)C. The molecule has 0 aromatic carbocycles. The second-order valence-corrected chi connectivity index (χ2v) is 5.07. The van der Waals surface area contributed by atoms with Gasteiger partial charge in [0.2, 0.25) is 0 Å². The first-order valence-electron chi connectivity index (χ1n) is 5.78. The van der Waals surface area contributed by atoms with Gasteiger partial charge in [0.15, 0.2) is 0 Å². The number of hydrogen-bond donors (Lipinski definition) is 1. The molecule has 0 heterocycles. The summed E-state index contributed by atoms with van der Waals surface area (Å²) in [6.45, 7) is 12.0. The monoisotopic (exact) mass is 215 g/mol. The quantitative estimate of drug-likeness (QED) is 0.709. The summed E-state index contributed by atoms with van der Waals surface area (Å²) in [5, 5.41) is 9.00. The first-order chi connectivity index (χ1) is 6.81. The molecule has 0 saturated carbocycles. The van der Waals surface area contributed by atoms with Gasteiger partial charge in [0, 0.05) is 6.04 Å². The van der Waals surface area contributed by atoms with Gasteiger partial charge in [0.1, 0.15) is 0 Å². The van der Waals surface area contributed by atoms with Gasteiger partial charge in [-0.15, -0.1) is 0 Å². The summed E-state index contributed by atoms with van der Waals surface area (Å²) in [6, 6.07) is 0.495. The fourth-order valence-electron chi connectivity index (χ4n) is 1.45. The summed E-state index contributed by atoms with van der Waals surface area (Å²) in [5.74, 6) is -0.706. The highest BCUT2D eigenvalue weighted by Gasteiger charge is 2.27. The van der Waals surface area contributed by atoms with Gasteiger partial charge in [0.05, 0.1) is 5.41 Å². The van der Waals surface area contributed by atoms with Crippen LogP contribution in [0.5, 0.6) is 0 Å². The third-order valence-electron chi connectivity index (χ3n) is 2.84. The maximum atomic E-state index is 10.9. The van der Waals surface area contributed by atoms with Gasteiger partial charge in [-0.1, -0.05) is 6.92 Å². The van der Waals surface area contributed by atoms with E-state index in [4.69, 9.17) is 5.11 Å². The normalized spacial score (nSPS) is 12.5. The van der Waals surface area contributed by atoms with Crippen molar-refractivity contribution >= 4 is 5.97 Å². The third kappa shape index (κ3) is 5.17. The van der Waals surface area contributed by atoms with Gasteiger partial charge in [-0.25, -0.2) is 0 Å². The van der Waals surface area contributed by atoms with Crippen molar-refractivity contribution < 1.29 is 9.90 Å². The fourth-order valence-corrected chi connectivity index (χ4v) is 1.45. The number of nitrogens with zero attached hydrogens (tertiary/aromatic N) is 1. The molecule has 90 valence electrons. The zero-order valence-corrected chi connectivity index (χ0v) is 10.7. The van der Waals surface area contributed by atoms with E-state index in [1.165, 1.54) is 0 Å². The van der Waals surface area contributed by atoms with E-state index in [9.17, 15) is 4.79 Å². The van der Waals surface area contributed by atoms with Crippen LogP contribution in [0.4, 0.5) is 0 Å². The molecule has 0 aromatic rings. The molecule has 0 unspecified atom stereocenters. The van der Waals surface area contributed by atoms with E-state index in [1.54, 1.807) is 13.8 Å². The van der Waals surface area contributed by atoms with Crippen LogP contribution in [0.2, 0.25) is 0 Å². The third-order valence-corrected chi connectivity index (χ3v) is 2.84. The summed E-state index contributed by atoms with van der Waals surface area (Å²) in [7, 11) is 0. The van der Waals surface area contributed by atoms with Crippen LogP contribution in [0.25, 0.3) is 0 Å². The molecule has 0 aliphatic carbocycles. The summed E-state index contributed by atoms with van der Waals surface area (Å²) in [4.78, 5) is 13.3. The summed E-state index contributed by atoms with van der Waals surface area (Å²) in [6.07, 6.45) is 1.83. The zero-order valence-electron chi connectivity index (χ0n) is 10.7. The molecule has 0 bridgehead atoms. The Morgan fingerprint density at radius 2 is 1.87 bits per heavy atom. The van der Waals surface area contributed by atoms with Crippen molar-refractivity contribution in [1.82, 2.24) is 4.90 Å². The van der Waals surface area contributed by atoms with Gasteiger partial charge < -0.3 is 10.0 Å². The van der Waals surface area contributed by atoms with Crippen LogP contribution in [0, 0.1) is 5.41 Å². The van der Waals surface area contributed by atoms with E-state index in [-0.39, 0.29) is 0 Å². The largest absolute Gasteiger partial charge is 0.481 e. The first-order valence-corrected chi connectivity index (χ1v) is 5.78. The molecule has 1 N–H and O–H groups in total. The highest BCUT2D eigenvalue weighted by molar-refractivity contribution is 5.73. The van der Waals surface area contributed by atoms with Crippen LogP contribution < -0.4 is 0 Å². The van der Waals surface area contributed by atoms with Gasteiger partial charge in [-0.05, 0) is 53.6 Å². The Labute approximate surface area is 93.5 Å². The second kappa shape index (κ2) is 6.11. The summed E-state index contributed by atoms with van der Waals surface area (Å²) in [5.41, 5.74) is -0.610. The van der Waals surface area contributed by atoms with Crippen LogP contribution in [0.3, 0.4) is 0 Å². The number of rotatable bonds is 7. The van der Waals surface area contributed by atoms with Crippen molar-refractivity contribution in [2.75, 3.05) is 13.1 Å². The van der Waals surface area contributed by atoms with Crippen LogP contribution in [0.15, 0.2) is 0 Å². The molecule has 0 rings (SSSR count). The lowest BCUT2D eigenvalue weighted by Gasteiger charge is -2.29. The molecule has 0 aliphatic heterocycles. The van der Waals surface area contributed by atoms with E-state index < -0.39 is 11.4 Å². The van der Waals surface area contributed by atoms with Crippen molar-refractivity contribution in [2.45, 2.75) is 53.5 Å². The predicted molar refractivity (Wildman–Crippen MR) is 63.0 cm³/mol. The number of aliphatic carboxylic acids is 1. The minimum absolute atomic E-state index is 0.495. The van der Waals surface area contributed by atoms with Crippen molar-refractivity contribution in [3.8, 4) is 0 Å². The van der Waals surface area contributed by atoms with Gasteiger partial charge in [0.25, 0.3) is 0 Å². The van der Waals surface area contributed by atoms with E-state index in [2.05, 4.69) is 25.7 Å². The maximum absolute atomic E-state index is 10.9. The Hall–Kier alpha value is -0.570. The van der Waals surface area contributed by atoms with Crippen molar-refractivity contribution in [2.24, 2.45) is 5.41 Å². The lowest BCUT2D eigenvalue weighted by Crippen LogP contribution is -2.36. The molecule has 0 atom stereocenters. The topological polar surface area (TPSA) is 40.5 Å². The minimum Gasteiger partial charge on any atom is -0.481 e. The van der Waals surface area contributed by atoms with Crippen molar-refractivity contribution in [1.29, 1.82) is 0 Å². The average molecular weight is 215 g/mol. The van der Waals surface area contributed by atoms with Crippen LogP contribution in [-0.2, 0) is 4.79 Å². The van der Waals surface area contributed by atoms with Crippen LogP contribution in [0.1, 0.15) is 47.5 Å². The molecule has 3 nitrogen and oxygen atoms in total. The smallest absolute Gasteiger partial charge is 0.309 e. The number of carbonyl (C=O) groups is 1. The molecular formula is C12H25NO2. The Kier molecular flexibility index (Phi) is 5.88. The predicted octanol–water partition coefficient (Wildman–Crippen LogP) is 2.61. The molecule has 0 spiro atoms. The molecule has 3 heteroatoms. The molecule has 0 radical (unpaired) electrons. The first kappa shape index (κ1) is 14.4. The standard InChI is InChI=1S/C12H25NO2/c1-6-8-13(10(2)3)9-7-12(4,5)11(14)15/h10H,6-9H2,1-5H3,(H,14,15). The van der Waals surface area contributed by atoms with E-state index in [1.807, 2.05) is 0 Å². The maximum Gasteiger partial charge on any atom is 0.309 e. The van der Waals surface area contributed by atoms with E-state index in [0.29, 0.717) is 12.5 Å². The number of hydrogen-bond acceptors (Lipinski definition) is 2. The molecular weight excluding hydrogens is 190 g/mol. The number of carboxylic acids is 1. The minimum atomic E-state index is -0.706. The van der Waals surface area contributed by atoms with Gasteiger partial charge in [-0.3, -0.25) is 4.79 Å². The summed E-state index contributed by atoms with van der Waals surface area (Å²) >= 11 is 0. The van der Waals surface area contributed by atoms with E-state index >= 15 is 0 Å². The van der Waals surface area contributed by atoms with Crippen molar-refractivity contribution in [3.63, 3.8) is 0 Å². The highest BCUT2D eigenvalue weighted by Crippen LogP contribution is 2.21.